The van der Waals surface area contributed by atoms with E-state index >= 15 is 0 Å². The topological polar surface area (TPSA) is 83.9 Å². The molecule has 0 radical (unpaired) electrons. The van der Waals surface area contributed by atoms with Crippen molar-refractivity contribution in [3.63, 3.8) is 0 Å². The number of nitrogens with one attached hydrogen (secondary N) is 1. The van der Waals surface area contributed by atoms with E-state index in [1.54, 1.807) is 18.2 Å². The van der Waals surface area contributed by atoms with Crippen LogP contribution in [0.5, 0.6) is 0 Å². The number of anilines is 2. The fourth-order valence-electron chi connectivity index (χ4n) is 2.19. The molecule has 3 aromatic rings. The average molecular weight is 328 g/mol. The lowest BCUT2D eigenvalue weighted by Gasteiger charge is -2.15. The molecule has 0 fully saturated rings. The van der Waals surface area contributed by atoms with Crippen LogP contribution < -0.4 is 10.2 Å². The maximum absolute atomic E-state index is 12.5. The molecule has 0 bridgehead atoms. The third kappa shape index (κ3) is 2.98. The summed E-state index contributed by atoms with van der Waals surface area (Å²) in [5.41, 5.74) is 4.13. The van der Waals surface area contributed by atoms with Crippen LogP contribution in [0.15, 0.2) is 18.2 Å². The van der Waals surface area contributed by atoms with Crippen molar-refractivity contribution in [2.24, 2.45) is 0 Å². The van der Waals surface area contributed by atoms with Crippen molar-refractivity contribution < 1.29 is 4.79 Å². The Hall–Kier alpha value is -2.61. The number of aromatic nitrogens is 4. The monoisotopic (exact) mass is 328 g/mol. The molecule has 118 valence electrons. The molecular formula is C15H16N6OS. The van der Waals surface area contributed by atoms with E-state index in [0.717, 1.165) is 34.1 Å². The molecule has 0 spiro atoms. The van der Waals surface area contributed by atoms with Gasteiger partial charge in [0.05, 0.1) is 28.8 Å². The second kappa shape index (κ2) is 5.88. The van der Waals surface area contributed by atoms with Gasteiger partial charge in [-0.1, -0.05) is 0 Å². The molecule has 3 rings (SSSR count). The molecule has 0 saturated heterocycles. The van der Waals surface area contributed by atoms with Crippen molar-refractivity contribution in [1.29, 1.82) is 0 Å². The second-order valence-corrected chi connectivity index (χ2v) is 5.91. The van der Waals surface area contributed by atoms with Crippen LogP contribution in [0.1, 0.15) is 21.7 Å². The second-order valence-electron chi connectivity index (χ2n) is 5.39. The van der Waals surface area contributed by atoms with Gasteiger partial charge in [-0.05, 0) is 32.0 Å². The lowest BCUT2D eigenvalue weighted by Crippen LogP contribution is -2.18. The van der Waals surface area contributed by atoms with E-state index < -0.39 is 0 Å². The van der Waals surface area contributed by atoms with E-state index in [4.69, 9.17) is 0 Å². The highest BCUT2D eigenvalue weighted by Crippen LogP contribution is 2.21. The summed E-state index contributed by atoms with van der Waals surface area (Å²) in [5.74, 6) is 0.403. The maximum atomic E-state index is 12.5. The summed E-state index contributed by atoms with van der Waals surface area (Å²) in [5, 5.41) is 2.89. The first-order chi connectivity index (χ1) is 11.0. The molecule has 1 amide bonds. The minimum absolute atomic E-state index is 0.215. The van der Waals surface area contributed by atoms with Crippen LogP contribution in [0.3, 0.4) is 0 Å². The van der Waals surface area contributed by atoms with E-state index in [9.17, 15) is 4.79 Å². The minimum atomic E-state index is -0.215. The zero-order valence-electron chi connectivity index (χ0n) is 13.3. The summed E-state index contributed by atoms with van der Waals surface area (Å²) >= 11 is 1.13. The van der Waals surface area contributed by atoms with E-state index in [-0.39, 0.29) is 5.91 Å². The van der Waals surface area contributed by atoms with Crippen LogP contribution in [-0.2, 0) is 0 Å². The quantitative estimate of drug-likeness (QED) is 0.795. The van der Waals surface area contributed by atoms with Crippen molar-refractivity contribution in [3.8, 4) is 0 Å². The predicted octanol–water partition coefficient (Wildman–Crippen LogP) is 2.42. The average Bonchev–Trinajstić information content (AvgIpc) is 2.97. The van der Waals surface area contributed by atoms with E-state index in [1.165, 1.54) is 0 Å². The number of benzene rings is 1. The van der Waals surface area contributed by atoms with Crippen LogP contribution >= 0.6 is 11.7 Å². The minimum Gasteiger partial charge on any atom is -0.347 e. The van der Waals surface area contributed by atoms with Crippen LogP contribution in [0.25, 0.3) is 11.0 Å². The number of fused-ring (bicyclic) bond motifs is 1. The van der Waals surface area contributed by atoms with Crippen molar-refractivity contribution in [2.75, 3.05) is 24.3 Å². The molecule has 0 unspecified atom stereocenters. The molecular weight excluding hydrogens is 312 g/mol. The van der Waals surface area contributed by atoms with Crippen molar-refractivity contribution in [3.05, 3.63) is 35.2 Å². The molecule has 2 heterocycles. The number of hydrogen-bond donors (Lipinski definition) is 1. The van der Waals surface area contributed by atoms with Crippen LogP contribution in [-0.4, -0.2) is 38.7 Å². The molecule has 0 aliphatic carbocycles. The zero-order valence-corrected chi connectivity index (χ0v) is 14.1. The number of carbonyl (C=O) groups excluding carboxylic acids is 1. The lowest BCUT2D eigenvalue weighted by molar-refractivity contribution is 0.102. The Morgan fingerprint density at radius 2 is 1.74 bits per heavy atom. The molecule has 0 aliphatic heterocycles. The molecule has 0 atom stereocenters. The van der Waals surface area contributed by atoms with Gasteiger partial charge in [0, 0.05) is 19.7 Å². The van der Waals surface area contributed by atoms with E-state index in [2.05, 4.69) is 24.0 Å². The van der Waals surface area contributed by atoms with Gasteiger partial charge in [-0.25, -0.2) is 9.97 Å². The van der Waals surface area contributed by atoms with E-state index in [0.29, 0.717) is 17.2 Å². The van der Waals surface area contributed by atoms with Gasteiger partial charge in [0.15, 0.2) is 0 Å². The Bertz CT molecular complexity index is 866. The largest absolute Gasteiger partial charge is 0.347 e. The van der Waals surface area contributed by atoms with Gasteiger partial charge in [0.2, 0.25) is 5.95 Å². The number of carbonyl (C=O) groups is 1. The summed E-state index contributed by atoms with van der Waals surface area (Å²) in [7, 11) is 3.76. The normalized spacial score (nSPS) is 10.8. The van der Waals surface area contributed by atoms with Crippen molar-refractivity contribution in [2.45, 2.75) is 13.8 Å². The van der Waals surface area contributed by atoms with Crippen molar-refractivity contribution in [1.82, 2.24) is 18.7 Å². The number of rotatable bonds is 3. The van der Waals surface area contributed by atoms with Gasteiger partial charge in [-0.3, -0.25) is 4.79 Å². The first kappa shape index (κ1) is 15.3. The molecule has 0 saturated carbocycles. The Morgan fingerprint density at radius 1 is 1.09 bits per heavy atom. The molecule has 2 aromatic heterocycles. The third-order valence-corrected chi connectivity index (χ3v) is 3.97. The van der Waals surface area contributed by atoms with Crippen molar-refractivity contribution >= 4 is 40.3 Å². The van der Waals surface area contributed by atoms with E-state index in [1.807, 2.05) is 32.8 Å². The number of nitrogens with zero attached hydrogens (tertiary/aromatic N) is 5. The molecule has 23 heavy (non-hydrogen) atoms. The third-order valence-electron chi connectivity index (χ3n) is 3.41. The van der Waals surface area contributed by atoms with Gasteiger partial charge in [-0.2, -0.15) is 8.75 Å². The summed E-state index contributed by atoms with van der Waals surface area (Å²) in [4.78, 5) is 23.1. The molecule has 1 aromatic carbocycles. The van der Waals surface area contributed by atoms with Crippen LogP contribution in [0, 0.1) is 13.8 Å². The maximum Gasteiger partial charge on any atom is 0.255 e. The highest BCUT2D eigenvalue weighted by atomic mass is 32.1. The Labute approximate surface area is 137 Å². The van der Waals surface area contributed by atoms with Gasteiger partial charge in [0.25, 0.3) is 5.91 Å². The summed E-state index contributed by atoms with van der Waals surface area (Å²) in [6.07, 6.45) is 0. The Morgan fingerprint density at radius 3 is 2.39 bits per heavy atom. The fourth-order valence-corrected chi connectivity index (χ4v) is 2.71. The summed E-state index contributed by atoms with van der Waals surface area (Å²) in [6, 6.07) is 5.26. The first-order valence-electron chi connectivity index (χ1n) is 7.02. The number of aryl methyl sites for hydroxylation is 2. The van der Waals surface area contributed by atoms with Crippen LogP contribution in [0.2, 0.25) is 0 Å². The fraction of sp³-hybridized carbons (Fsp3) is 0.267. The van der Waals surface area contributed by atoms with Crippen LogP contribution in [0.4, 0.5) is 11.6 Å². The molecule has 7 nitrogen and oxygen atoms in total. The SMILES string of the molecule is Cc1nc(N(C)C)nc(C)c1NC(=O)c1ccc2nsnc2c1. The van der Waals surface area contributed by atoms with Gasteiger partial charge in [-0.15, -0.1) is 0 Å². The molecule has 8 heteroatoms. The standard InChI is InChI=1S/C15H16N6OS/c1-8-13(9(2)17-15(16-8)21(3)4)18-14(22)10-5-6-11-12(7-10)20-23-19-11/h5-7H,1-4H3,(H,18,22). The van der Waals surface area contributed by atoms with Gasteiger partial charge < -0.3 is 10.2 Å². The lowest BCUT2D eigenvalue weighted by atomic mass is 10.1. The van der Waals surface area contributed by atoms with Gasteiger partial charge in [0.1, 0.15) is 11.0 Å². The van der Waals surface area contributed by atoms with Gasteiger partial charge >= 0.3 is 0 Å². The highest BCUT2D eigenvalue weighted by molar-refractivity contribution is 7.00. The first-order valence-corrected chi connectivity index (χ1v) is 7.75. The molecule has 1 N–H and O–H groups in total. The summed E-state index contributed by atoms with van der Waals surface area (Å²) in [6.45, 7) is 3.70. The summed E-state index contributed by atoms with van der Waals surface area (Å²) < 4.78 is 8.29. The Kier molecular flexibility index (Phi) is 3.91. The predicted molar refractivity (Wildman–Crippen MR) is 91.2 cm³/mol. The zero-order chi connectivity index (χ0) is 16.6. The smallest absolute Gasteiger partial charge is 0.255 e. The highest BCUT2D eigenvalue weighted by Gasteiger charge is 2.14. The Balaban J connectivity index is 1.90. The number of amides is 1. The molecule has 0 aliphatic rings. The number of hydrogen-bond acceptors (Lipinski definition) is 7.